The second-order valence-electron chi connectivity index (χ2n) is 9.52. The lowest BCUT2D eigenvalue weighted by molar-refractivity contribution is -0.671. The number of aromatic nitrogens is 2. The van der Waals surface area contributed by atoms with Crippen molar-refractivity contribution in [3.05, 3.63) is 115 Å². The van der Waals surface area contributed by atoms with Gasteiger partial charge in [-0.3, -0.25) is 0 Å². The molecule has 0 aliphatic rings. The van der Waals surface area contributed by atoms with Gasteiger partial charge in [0.1, 0.15) is 14.1 Å². The van der Waals surface area contributed by atoms with Crippen LogP contribution >= 0.6 is 0 Å². The molecule has 2 heterocycles. The molecule has 0 saturated heterocycles. The van der Waals surface area contributed by atoms with E-state index in [0.29, 0.717) is 0 Å². The molecule has 0 fully saturated rings. The fraction of sp³-hybridized carbons (Fsp3) is 0.125. The third kappa shape index (κ3) is 5.31. The van der Waals surface area contributed by atoms with Crippen molar-refractivity contribution in [2.75, 3.05) is 16.4 Å². The summed E-state index contributed by atoms with van der Waals surface area (Å²) in [6.07, 6.45) is 6.13. The predicted octanol–water partition coefficient (Wildman–Crippen LogP) is 6.51. The van der Waals surface area contributed by atoms with Gasteiger partial charge in [-0.15, -0.1) is 0 Å². The molecule has 0 radical (unpaired) electrons. The maximum absolute atomic E-state index is 6.07. The van der Waals surface area contributed by atoms with Crippen LogP contribution in [0.2, 0.25) is 0 Å². The largest absolute Gasteiger partial charge is 0.399 e. The normalized spacial score (nSPS) is 11.8. The van der Waals surface area contributed by atoms with Gasteiger partial charge in [-0.05, 0) is 72.5 Å². The summed E-state index contributed by atoms with van der Waals surface area (Å²) in [6.45, 7) is 4.36. The molecule has 5 heteroatoms. The van der Waals surface area contributed by atoms with Crippen molar-refractivity contribution in [2.45, 2.75) is 13.8 Å². The highest BCUT2D eigenvalue weighted by molar-refractivity contribution is 5.93. The van der Waals surface area contributed by atoms with Crippen LogP contribution in [0.1, 0.15) is 25.0 Å². The molecular formula is C32H33N5+2. The number of pyridine rings is 2. The van der Waals surface area contributed by atoms with E-state index in [0.717, 1.165) is 39.3 Å². The highest BCUT2D eigenvalue weighted by Crippen LogP contribution is 2.30. The average Bonchev–Trinajstić information content (AvgIpc) is 2.91. The van der Waals surface area contributed by atoms with Crippen LogP contribution in [0.15, 0.2) is 104 Å². The lowest BCUT2D eigenvalue weighted by Gasteiger charge is -2.13. The van der Waals surface area contributed by atoms with Gasteiger partial charge in [0.15, 0.2) is 18.6 Å². The zero-order chi connectivity index (χ0) is 25.9. The Hall–Kier alpha value is -4.64. The number of benzene rings is 3. The second kappa shape index (κ2) is 10.2. The van der Waals surface area contributed by atoms with E-state index in [1.54, 1.807) is 0 Å². The Bertz CT molecular complexity index is 1580. The Balaban J connectivity index is 1.33. The number of fused-ring (bicyclic) bond motifs is 1. The second-order valence-corrected chi connectivity index (χ2v) is 9.52. The first-order chi connectivity index (χ1) is 17.9. The van der Waals surface area contributed by atoms with Gasteiger partial charge in [0.05, 0.1) is 16.8 Å². The van der Waals surface area contributed by atoms with Crippen LogP contribution in [0.25, 0.3) is 22.0 Å². The number of hydrogen-bond acceptors (Lipinski definition) is 3. The summed E-state index contributed by atoms with van der Waals surface area (Å²) in [7, 11) is 4.06. The number of nitrogens with one attached hydrogen (secondary N) is 2. The molecule has 5 aromatic rings. The number of nitrogen functional groups attached to an aromatic ring is 1. The zero-order valence-electron chi connectivity index (χ0n) is 21.8. The Morgan fingerprint density at radius 1 is 0.622 bits per heavy atom. The van der Waals surface area contributed by atoms with E-state index in [4.69, 9.17) is 5.73 Å². The molecule has 0 bridgehead atoms. The topological polar surface area (TPSA) is 57.8 Å². The maximum Gasteiger partial charge on any atom is 0.214 e. The van der Waals surface area contributed by atoms with Crippen molar-refractivity contribution >= 4 is 50.5 Å². The number of nitrogens with two attached hydrogens (primary N) is 1. The van der Waals surface area contributed by atoms with Crippen LogP contribution in [0.3, 0.4) is 0 Å². The van der Waals surface area contributed by atoms with Gasteiger partial charge >= 0.3 is 0 Å². The van der Waals surface area contributed by atoms with Crippen molar-refractivity contribution < 1.29 is 9.13 Å². The number of allylic oxidation sites excluding steroid dienone is 2. The van der Waals surface area contributed by atoms with Gasteiger partial charge in [0.25, 0.3) is 0 Å². The third-order valence-electron chi connectivity index (χ3n) is 6.90. The van der Waals surface area contributed by atoms with Crippen molar-refractivity contribution in [2.24, 2.45) is 14.1 Å². The summed E-state index contributed by atoms with van der Waals surface area (Å²) in [6, 6.07) is 29.4. The minimum Gasteiger partial charge on any atom is -0.399 e. The van der Waals surface area contributed by atoms with E-state index in [-0.39, 0.29) is 0 Å². The van der Waals surface area contributed by atoms with Crippen LogP contribution in [-0.4, -0.2) is 0 Å². The Morgan fingerprint density at radius 3 is 1.76 bits per heavy atom. The molecule has 0 amide bonds. The van der Waals surface area contributed by atoms with E-state index in [1.165, 1.54) is 22.3 Å². The number of nitrogens with zero attached hydrogens (tertiary/aromatic N) is 2. The summed E-state index contributed by atoms with van der Waals surface area (Å²) in [5, 5.41) is 8.12. The molecule has 5 nitrogen and oxygen atoms in total. The van der Waals surface area contributed by atoms with Crippen molar-refractivity contribution in [1.82, 2.24) is 0 Å². The van der Waals surface area contributed by atoms with Crippen molar-refractivity contribution in [3.8, 4) is 0 Å². The first kappa shape index (κ1) is 24.1. The van der Waals surface area contributed by atoms with Gasteiger partial charge in [0, 0.05) is 41.3 Å². The summed E-state index contributed by atoms with van der Waals surface area (Å²) in [5.74, 6) is 0. The van der Waals surface area contributed by atoms with Gasteiger partial charge in [-0.25, -0.2) is 9.13 Å². The van der Waals surface area contributed by atoms with Crippen LogP contribution in [0, 0.1) is 0 Å². The zero-order valence-corrected chi connectivity index (χ0v) is 21.8. The summed E-state index contributed by atoms with van der Waals surface area (Å²) < 4.78 is 4.12. The Kier molecular flexibility index (Phi) is 6.60. The van der Waals surface area contributed by atoms with Crippen LogP contribution in [-0.2, 0) is 14.1 Å². The molecule has 0 aliphatic carbocycles. The average molecular weight is 488 g/mol. The molecule has 2 aromatic heterocycles. The molecule has 5 rings (SSSR count). The molecule has 0 unspecified atom stereocenters. The summed E-state index contributed by atoms with van der Waals surface area (Å²) >= 11 is 0. The van der Waals surface area contributed by atoms with E-state index in [2.05, 4.69) is 108 Å². The van der Waals surface area contributed by atoms with E-state index in [1.807, 2.05) is 43.2 Å². The molecule has 0 saturated carbocycles. The minimum atomic E-state index is 0.756. The number of anilines is 5. The molecule has 3 aromatic carbocycles. The summed E-state index contributed by atoms with van der Waals surface area (Å²) in [4.78, 5) is 0. The lowest BCUT2D eigenvalue weighted by atomic mass is 9.96. The quantitative estimate of drug-likeness (QED) is 0.145. The standard InChI is InChI=1S/C32H31N5/c1-22(24-5-10-27(11-6-24)34-29-15-18-36(3)19-16-29)23(2)25-7-12-28(13-8-25)35-31-17-20-37(4)32-14-9-26(33)21-30(31)32/h5-21H,33H2,1-4H3/p+2/b23-22+. The number of aryl methyl sites for hydroxylation is 2. The lowest BCUT2D eigenvalue weighted by Crippen LogP contribution is -2.28. The highest BCUT2D eigenvalue weighted by atomic mass is 14.9. The van der Waals surface area contributed by atoms with E-state index < -0.39 is 0 Å². The van der Waals surface area contributed by atoms with Gasteiger partial charge in [-0.2, -0.15) is 0 Å². The SMILES string of the molecule is C/C(=C(/C)c1ccc(Nc2cc[n+](C)c3ccc(N)cc23)cc1)c1ccc(Nc2cc[n+](C)cc2)cc1. The molecule has 0 spiro atoms. The molecule has 4 N–H and O–H groups in total. The molecule has 37 heavy (non-hydrogen) atoms. The van der Waals surface area contributed by atoms with Gasteiger partial charge < -0.3 is 16.4 Å². The Morgan fingerprint density at radius 2 is 1.16 bits per heavy atom. The molecule has 0 aliphatic heterocycles. The first-order valence-corrected chi connectivity index (χ1v) is 12.4. The number of hydrogen-bond donors (Lipinski definition) is 3. The molecular weight excluding hydrogens is 454 g/mol. The van der Waals surface area contributed by atoms with Gasteiger partial charge in [0.2, 0.25) is 5.52 Å². The first-order valence-electron chi connectivity index (χ1n) is 12.4. The van der Waals surface area contributed by atoms with Crippen molar-refractivity contribution in [1.29, 1.82) is 0 Å². The number of rotatable bonds is 6. The highest BCUT2D eigenvalue weighted by Gasteiger charge is 2.11. The van der Waals surface area contributed by atoms with E-state index >= 15 is 0 Å². The molecule has 0 atom stereocenters. The third-order valence-corrected chi connectivity index (χ3v) is 6.90. The van der Waals surface area contributed by atoms with Crippen molar-refractivity contribution in [3.63, 3.8) is 0 Å². The Labute approximate surface area is 218 Å². The monoisotopic (exact) mass is 487 g/mol. The minimum absolute atomic E-state index is 0.756. The van der Waals surface area contributed by atoms with Crippen LogP contribution < -0.4 is 25.5 Å². The fourth-order valence-electron chi connectivity index (χ4n) is 4.49. The fourth-order valence-corrected chi connectivity index (χ4v) is 4.49. The molecule has 184 valence electrons. The van der Waals surface area contributed by atoms with Crippen LogP contribution in [0.4, 0.5) is 28.4 Å². The predicted molar refractivity (Wildman–Crippen MR) is 155 cm³/mol. The van der Waals surface area contributed by atoms with E-state index in [9.17, 15) is 0 Å². The van der Waals surface area contributed by atoms with Gasteiger partial charge in [-0.1, -0.05) is 24.3 Å². The van der Waals surface area contributed by atoms with Crippen LogP contribution in [0.5, 0.6) is 0 Å². The summed E-state index contributed by atoms with van der Waals surface area (Å²) in [5.41, 5.74) is 17.1. The maximum atomic E-state index is 6.07. The smallest absolute Gasteiger partial charge is 0.214 e.